The average Bonchev–Trinajstić information content (AvgIpc) is 3.38. The van der Waals surface area contributed by atoms with Crippen molar-refractivity contribution in [1.29, 1.82) is 0 Å². The third kappa shape index (κ3) is 5.17. The van der Waals surface area contributed by atoms with Crippen molar-refractivity contribution in [3.63, 3.8) is 0 Å². The topological polar surface area (TPSA) is 48.3 Å². The third-order valence-electron chi connectivity index (χ3n) is 5.79. The predicted octanol–water partition coefficient (Wildman–Crippen LogP) is 4.10. The van der Waals surface area contributed by atoms with Crippen molar-refractivity contribution in [2.24, 2.45) is 11.8 Å². The van der Waals surface area contributed by atoms with E-state index in [-0.39, 0.29) is 23.9 Å². The van der Waals surface area contributed by atoms with Crippen LogP contribution in [0.15, 0.2) is 41.2 Å². The molecule has 1 heterocycles. The van der Waals surface area contributed by atoms with Crippen LogP contribution in [0.4, 0.5) is 0 Å². The van der Waals surface area contributed by atoms with Crippen LogP contribution in [-0.2, 0) is 11.3 Å². The molecule has 0 radical (unpaired) electrons. The van der Waals surface area contributed by atoms with Crippen molar-refractivity contribution in [3.05, 3.63) is 63.6 Å². The molecule has 2 fully saturated rings. The van der Waals surface area contributed by atoms with E-state index in [9.17, 15) is 9.59 Å². The van der Waals surface area contributed by atoms with E-state index in [1.54, 1.807) is 4.57 Å². The summed E-state index contributed by atoms with van der Waals surface area (Å²) in [4.78, 5) is 24.8. The van der Waals surface area contributed by atoms with E-state index in [0.717, 1.165) is 42.5 Å². The number of ketones is 1. The quantitative estimate of drug-likeness (QED) is 0.699. The molecule has 0 saturated heterocycles. The van der Waals surface area contributed by atoms with Crippen molar-refractivity contribution < 1.29 is 9.53 Å². The molecule has 0 amide bonds. The second kappa shape index (κ2) is 8.69. The lowest BCUT2D eigenvalue weighted by atomic mass is 10.0. The molecule has 4 rings (SSSR count). The Hall–Kier alpha value is -2.80. The average molecular weight is 389 g/mol. The number of aryl methyl sites for hydroxylation is 1. The van der Waals surface area contributed by atoms with Gasteiger partial charge < -0.3 is 9.30 Å². The van der Waals surface area contributed by atoms with Crippen LogP contribution in [0.3, 0.4) is 0 Å². The Morgan fingerprint density at radius 3 is 2.48 bits per heavy atom. The number of Topliss-reactive ketones (excluding diaryl/α,β-unsaturated/α-hetero) is 1. The number of ether oxygens (including phenoxy) is 1. The Morgan fingerprint density at radius 1 is 1.10 bits per heavy atom. The minimum atomic E-state index is -0.120. The molecule has 0 aliphatic heterocycles. The Morgan fingerprint density at radius 2 is 1.83 bits per heavy atom. The maximum atomic E-state index is 12.6. The second-order valence-corrected chi connectivity index (χ2v) is 8.23. The first-order valence-corrected chi connectivity index (χ1v) is 10.6. The molecule has 4 heteroatoms. The van der Waals surface area contributed by atoms with Gasteiger partial charge in [-0.3, -0.25) is 9.59 Å². The van der Waals surface area contributed by atoms with Gasteiger partial charge in [-0.15, -0.1) is 0 Å². The summed E-state index contributed by atoms with van der Waals surface area (Å²) < 4.78 is 7.35. The van der Waals surface area contributed by atoms with Crippen LogP contribution in [0.25, 0.3) is 0 Å². The molecule has 1 aromatic heterocycles. The van der Waals surface area contributed by atoms with Crippen molar-refractivity contribution in [3.8, 4) is 17.6 Å². The van der Waals surface area contributed by atoms with E-state index >= 15 is 0 Å². The van der Waals surface area contributed by atoms with Gasteiger partial charge in [0.25, 0.3) is 5.56 Å². The molecular weight excluding hydrogens is 362 g/mol. The van der Waals surface area contributed by atoms with Crippen molar-refractivity contribution >= 4 is 5.78 Å². The van der Waals surface area contributed by atoms with Crippen molar-refractivity contribution in [2.75, 3.05) is 6.61 Å². The van der Waals surface area contributed by atoms with Crippen molar-refractivity contribution in [2.45, 2.75) is 52.0 Å². The summed E-state index contributed by atoms with van der Waals surface area (Å²) >= 11 is 0. The molecule has 2 aromatic rings. The van der Waals surface area contributed by atoms with E-state index in [1.807, 2.05) is 37.3 Å². The molecule has 0 N–H and O–H groups in total. The first kappa shape index (κ1) is 19.5. The lowest BCUT2D eigenvalue weighted by Gasteiger charge is -2.13. The summed E-state index contributed by atoms with van der Waals surface area (Å²) in [5.74, 6) is 7.81. The highest BCUT2D eigenvalue weighted by molar-refractivity contribution is 5.82. The highest BCUT2D eigenvalue weighted by atomic mass is 16.5. The Labute approximate surface area is 171 Å². The van der Waals surface area contributed by atoms with E-state index in [4.69, 9.17) is 4.74 Å². The number of aromatic nitrogens is 1. The smallest absolute Gasteiger partial charge is 0.254 e. The van der Waals surface area contributed by atoms with Gasteiger partial charge in [0.15, 0.2) is 5.78 Å². The molecule has 2 saturated carbocycles. The predicted molar refractivity (Wildman–Crippen MR) is 113 cm³/mol. The summed E-state index contributed by atoms with van der Waals surface area (Å²) in [6, 6.07) is 11.4. The fourth-order valence-electron chi connectivity index (χ4n) is 3.79. The monoisotopic (exact) mass is 389 g/mol. The van der Waals surface area contributed by atoms with Crippen LogP contribution >= 0.6 is 0 Å². The van der Waals surface area contributed by atoms with E-state index in [1.165, 1.54) is 18.9 Å². The van der Waals surface area contributed by atoms with Crippen LogP contribution in [0, 0.1) is 30.6 Å². The van der Waals surface area contributed by atoms with Gasteiger partial charge in [-0.05, 0) is 56.4 Å². The van der Waals surface area contributed by atoms with Gasteiger partial charge >= 0.3 is 0 Å². The highest BCUT2D eigenvalue weighted by Crippen LogP contribution is 2.27. The van der Waals surface area contributed by atoms with E-state index < -0.39 is 0 Å². The molecule has 29 heavy (non-hydrogen) atoms. The summed E-state index contributed by atoms with van der Waals surface area (Å²) in [6.07, 6.45) is 6.63. The Balaban J connectivity index is 1.39. The lowest BCUT2D eigenvalue weighted by Crippen LogP contribution is -2.24. The largest absolute Gasteiger partial charge is 0.486 e. The third-order valence-corrected chi connectivity index (χ3v) is 5.79. The standard InChI is InChI=1S/C25H27NO3/c1-18-14-23(29-17-24(27)22-4-2-3-5-22)15-25(28)26(18)16-21-12-10-20(11-13-21)9-8-19-6-7-19/h10-15,19,22H,2-7,16-17H2,1H3. The maximum Gasteiger partial charge on any atom is 0.254 e. The fourth-order valence-corrected chi connectivity index (χ4v) is 3.79. The lowest BCUT2D eigenvalue weighted by molar-refractivity contribution is -0.124. The van der Waals surface area contributed by atoms with Crippen LogP contribution < -0.4 is 10.3 Å². The number of rotatable bonds is 6. The number of hydrogen-bond acceptors (Lipinski definition) is 3. The van der Waals surface area contributed by atoms with E-state index in [2.05, 4.69) is 11.8 Å². The molecule has 0 bridgehead atoms. The van der Waals surface area contributed by atoms with Gasteiger partial charge in [0.1, 0.15) is 12.4 Å². The molecule has 2 aliphatic carbocycles. The number of hydrogen-bond donors (Lipinski definition) is 0. The molecular formula is C25H27NO3. The van der Waals surface area contributed by atoms with Gasteiger partial charge in [0.2, 0.25) is 0 Å². The van der Waals surface area contributed by atoms with Crippen LogP contribution in [0.2, 0.25) is 0 Å². The molecule has 1 aromatic carbocycles. The van der Waals surface area contributed by atoms with Crippen molar-refractivity contribution in [1.82, 2.24) is 4.57 Å². The number of nitrogens with zero attached hydrogens (tertiary/aromatic N) is 1. The second-order valence-electron chi connectivity index (χ2n) is 8.23. The molecule has 2 aliphatic rings. The van der Waals surface area contributed by atoms with Gasteiger partial charge in [-0.25, -0.2) is 0 Å². The SMILES string of the molecule is Cc1cc(OCC(=O)C2CCCC2)cc(=O)n1Cc1ccc(C#CC2CC2)cc1. The molecule has 0 atom stereocenters. The maximum absolute atomic E-state index is 12.6. The number of carbonyl (C=O) groups is 1. The fraction of sp³-hybridized carbons (Fsp3) is 0.440. The van der Waals surface area contributed by atoms with Gasteiger partial charge in [-0.1, -0.05) is 36.8 Å². The molecule has 0 unspecified atom stereocenters. The zero-order valence-corrected chi connectivity index (χ0v) is 16.9. The summed E-state index contributed by atoms with van der Waals surface area (Å²) in [6.45, 7) is 2.45. The van der Waals surface area contributed by atoms with Crippen LogP contribution in [-0.4, -0.2) is 17.0 Å². The summed E-state index contributed by atoms with van der Waals surface area (Å²) in [5.41, 5.74) is 2.77. The summed E-state index contributed by atoms with van der Waals surface area (Å²) in [5, 5.41) is 0. The van der Waals surface area contributed by atoms with Gasteiger partial charge in [0.05, 0.1) is 6.54 Å². The number of carbonyl (C=O) groups excluding carboxylic acids is 1. The van der Waals surface area contributed by atoms with Crippen LogP contribution in [0.5, 0.6) is 5.75 Å². The number of benzene rings is 1. The van der Waals surface area contributed by atoms with Crippen LogP contribution in [0.1, 0.15) is 55.3 Å². The number of pyridine rings is 1. The van der Waals surface area contributed by atoms with Gasteiger partial charge in [-0.2, -0.15) is 0 Å². The Bertz CT molecular complexity index is 997. The normalized spacial score (nSPS) is 16.3. The zero-order valence-electron chi connectivity index (χ0n) is 16.9. The van der Waals surface area contributed by atoms with E-state index in [0.29, 0.717) is 18.2 Å². The van der Waals surface area contributed by atoms with Gasteiger partial charge in [0, 0.05) is 29.2 Å². The first-order valence-electron chi connectivity index (χ1n) is 10.6. The molecule has 150 valence electrons. The minimum absolute atomic E-state index is 0.0525. The first-order chi connectivity index (χ1) is 14.1. The molecule has 0 spiro atoms. The Kier molecular flexibility index (Phi) is 5.85. The highest BCUT2D eigenvalue weighted by Gasteiger charge is 2.23. The minimum Gasteiger partial charge on any atom is -0.486 e. The molecule has 4 nitrogen and oxygen atoms in total. The zero-order chi connectivity index (χ0) is 20.2. The summed E-state index contributed by atoms with van der Waals surface area (Å²) in [7, 11) is 0.